The van der Waals surface area contributed by atoms with E-state index in [1.165, 1.54) is 17.0 Å². The van der Waals surface area contributed by atoms with E-state index in [4.69, 9.17) is 0 Å². The maximum atomic E-state index is 13.7. The van der Waals surface area contributed by atoms with Gasteiger partial charge in [0.1, 0.15) is 11.6 Å². The molecule has 1 aromatic rings. The molecular formula is C16H23F2N2O+. The van der Waals surface area contributed by atoms with Gasteiger partial charge in [0.25, 0.3) is 5.91 Å². The van der Waals surface area contributed by atoms with Crippen molar-refractivity contribution in [3.8, 4) is 0 Å². The topological polar surface area (TPSA) is 33.5 Å². The summed E-state index contributed by atoms with van der Waals surface area (Å²) in [7, 11) is 0. The highest BCUT2D eigenvalue weighted by atomic mass is 19.1. The van der Waals surface area contributed by atoms with Gasteiger partial charge in [-0.05, 0) is 31.7 Å². The van der Waals surface area contributed by atoms with Crippen LogP contribution in [0.15, 0.2) is 18.2 Å². The minimum Gasteiger partial charge on any atom is -0.345 e. The second kappa shape index (κ2) is 6.98. The minimum atomic E-state index is -0.623. The lowest BCUT2D eigenvalue weighted by atomic mass is 9.99. The summed E-state index contributed by atoms with van der Waals surface area (Å²) in [5.74, 6) is -0.580. The van der Waals surface area contributed by atoms with Crippen molar-refractivity contribution in [3.05, 3.63) is 35.4 Å². The zero-order valence-electron chi connectivity index (χ0n) is 12.6. The lowest BCUT2D eigenvalue weighted by Crippen LogP contribution is -3.14. The monoisotopic (exact) mass is 297 g/mol. The van der Waals surface area contributed by atoms with Gasteiger partial charge in [0.15, 0.2) is 6.54 Å². The lowest BCUT2D eigenvalue weighted by Gasteiger charge is -2.27. The number of likely N-dealkylation sites (tertiary alicyclic amines) is 1. The molecule has 1 saturated heterocycles. The number of piperidine rings is 1. The van der Waals surface area contributed by atoms with E-state index in [0.717, 1.165) is 37.9 Å². The highest BCUT2D eigenvalue weighted by Gasteiger charge is 2.22. The van der Waals surface area contributed by atoms with Gasteiger partial charge >= 0.3 is 0 Å². The van der Waals surface area contributed by atoms with E-state index in [1.807, 2.05) is 0 Å². The van der Waals surface area contributed by atoms with E-state index < -0.39 is 17.7 Å². The summed E-state index contributed by atoms with van der Waals surface area (Å²) in [6.45, 7) is 6.37. The zero-order chi connectivity index (χ0) is 15.4. The third-order valence-electron chi connectivity index (χ3n) is 4.20. The molecule has 2 rings (SSSR count). The molecule has 0 aromatic heterocycles. The number of hydrogen-bond donors (Lipinski definition) is 2. The first-order valence-electron chi connectivity index (χ1n) is 7.53. The minimum absolute atomic E-state index is 0.0872. The fourth-order valence-electron chi connectivity index (χ4n) is 2.80. The molecule has 0 aliphatic carbocycles. The average Bonchev–Trinajstić information content (AvgIpc) is 2.41. The molecule has 116 valence electrons. The number of benzene rings is 1. The fraction of sp³-hybridized carbons (Fsp3) is 0.562. The van der Waals surface area contributed by atoms with Crippen LogP contribution in [0, 0.1) is 17.6 Å². The molecule has 0 spiro atoms. The Hall–Kier alpha value is -1.49. The van der Waals surface area contributed by atoms with Gasteiger partial charge in [-0.3, -0.25) is 4.79 Å². The molecule has 1 aromatic carbocycles. The summed E-state index contributed by atoms with van der Waals surface area (Å²) >= 11 is 0. The maximum absolute atomic E-state index is 13.7. The molecule has 1 atom stereocenters. The SMILES string of the molecule is CC1CC[NH+](CC(=O)N[C@@H](C)c2ccc(F)cc2F)CC1. The Morgan fingerprint density at radius 3 is 2.67 bits per heavy atom. The summed E-state index contributed by atoms with van der Waals surface area (Å²) in [6.07, 6.45) is 2.29. The molecule has 1 fully saturated rings. The first kappa shape index (κ1) is 15.9. The van der Waals surface area contributed by atoms with Gasteiger partial charge in [0.2, 0.25) is 0 Å². The third kappa shape index (κ3) is 4.49. The highest BCUT2D eigenvalue weighted by Crippen LogP contribution is 2.17. The summed E-state index contributed by atoms with van der Waals surface area (Å²) < 4.78 is 26.5. The third-order valence-corrected chi connectivity index (χ3v) is 4.20. The molecule has 0 bridgehead atoms. The van der Waals surface area contributed by atoms with Crippen LogP contribution in [0.1, 0.15) is 38.3 Å². The Labute approximate surface area is 124 Å². The Bertz CT molecular complexity index is 499. The van der Waals surface area contributed by atoms with E-state index in [1.54, 1.807) is 6.92 Å². The molecule has 1 heterocycles. The standard InChI is InChI=1S/C16H22F2N2O/c1-11-5-7-20(8-6-11)10-16(21)19-12(2)14-4-3-13(17)9-15(14)18/h3-4,9,11-12H,5-8,10H2,1-2H3,(H,19,21)/p+1/t12-/m0/s1. The van der Waals surface area contributed by atoms with Crippen molar-refractivity contribution in [1.29, 1.82) is 0 Å². The lowest BCUT2D eigenvalue weighted by molar-refractivity contribution is -0.898. The van der Waals surface area contributed by atoms with Crippen molar-refractivity contribution in [1.82, 2.24) is 5.32 Å². The Balaban J connectivity index is 1.87. The highest BCUT2D eigenvalue weighted by molar-refractivity contribution is 5.77. The average molecular weight is 297 g/mol. The van der Waals surface area contributed by atoms with Crippen molar-refractivity contribution in [2.45, 2.75) is 32.7 Å². The molecule has 21 heavy (non-hydrogen) atoms. The van der Waals surface area contributed by atoms with Gasteiger partial charge in [-0.15, -0.1) is 0 Å². The normalized spacial score (nSPS) is 23.6. The predicted molar refractivity (Wildman–Crippen MR) is 76.9 cm³/mol. The van der Waals surface area contributed by atoms with Crippen LogP contribution in [0.25, 0.3) is 0 Å². The maximum Gasteiger partial charge on any atom is 0.275 e. The molecule has 1 aliphatic heterocycles. The van der Waals surface area contributed by atoms with Gasteiger partial charge in [-0.25, -0.2) is 8.78 Å². The number of carbonyl (C=O) groups excluding carboxylic acids is 1. The summed E-state index contributed by atoms with van der Waals surface area (Å²) in [4.78, 5) is 13.3. The number of hydrogen-bond acceptors (Lipinski definition) is 1. The van der Waals surface area contributed by atoms with E-state index in [-0.39, 0.29) is 5.91 Å². The smallest absolute Gasteiger partial charge is 0.275 e. The number of quaternary nitrogens is 1. The molecule has 5 heteroatoms. The summed E-state index contributed by atoms with van der Waals surface area (Å²) in [5, 5.41) is 2.79. The van der Waals surface area contributed by atoms with Crippen LogP contribution in [-0.4, -0.2) is 25.5 Å². The van der Waals surface area contributed by atoms with Crippen LogP contribution < -0.4 is 10.2 Å². The predicted octanol–water partition coefficient (Wildman–Crippen LogP) is 1.46. The van der Waals surface area contributed by atoms with Crippen molar-refractivity contribution in [2.24, 2.45) is 5.92 Å². The first-order valence-corrected chi connectivity index (χ1v) is 7.53. The summed E-state index contributed by atoms with van der Waals surface area (Å²) in [5.41, 5.74) is 0.312. The number of halogens is 2. The van der Waals surface area contributed by atoms with E-state index in [0.29, 0.717) is 12.1 Å². The molecule has 0 saturated carbocycles. The van der Waals surface area contributed by atoms with Crippen LogP contribution in [-0.2, 0) is 4.79 Å². The van der Waals surface area contributed by atoms with Crippen LogP contribution in [0.2, 0.25) is 0 Å². The molecule has 1 aliphatic rings. The van der Waals surface area contributed by atoms with Gasteiger partial charge in [-0.1, -0.05) is 13.0 Å². The van der Waals surface area contributed by atoms with Crippen LogP contribution in [0.3, 0.4) is 0 Å². The quantitative estimate of drug-likeness (QED) is 0.867. The Morgan fingerprint density at radius 2 is 2.05 bits per heavy atom. The molecule has 3 nitrogen and oxygen atoms in total. The molecule has 0 unspecified atom stereocenters. The Morgan fingerprint density at radius 1 is 1.38 bits per heavy atom. The van der Waals surface area contributed by atoms with Gasteiger partial charge in [0, 0.05) is 11.6 Å². The van der Waals surface area contributed by atoms with Crippen molar-refractivity contribution in [3.63, 3.8) is 0 Å². The van der Waals surface area contributed by atoms with Crippen molar-refractivity contribution < 1.29 is 18.5 Å². The zero-order valence-corrected chi connectivity index (χ0v) is 12.6. The van der Waals surface area contributed by atoms with Crippen molar-refractivity contribution in [2.75, 3.05) is 19.6 Å². The molecule has 0 radical (unpaired) electrons. The fourth-order valence-corrected chi connectivity index (χ4v) is 2.80. The summed E-state index contributed by atoms with van der Waals surface area (Å²) in [6, 6.07) is 2.97. The van der Waals surface area contributed by atoms with E-state index >= 15 is 0 Å². The van der Waals surface area contributed by atoms with Gasteiger partial charge in [-0.2, -0.15) is 0 Å². The molecule has 1 amide bonds. The van der Waals surface area contributed by atoms with E-state index in [2.05, 4.69) is 12.2 Å². The number of amides is 1. The second-order valence-corrected chi connectivity index (χ2v) is 6.06. The number of nitrogens with one attached hydrogen (secondary N) is 2. The van der Waals surface area contributed by atoms with Crippen LogP contribution in [0.5, 0.6) is 0 Å². The number of carbonyl (C=O) groups is 1. The van der Waals surface area contributed by atoms with Gasteiger partial charge in [0.05, 0.1) is 19.1 Å². The van der Waals surface area contributed by atoms with Crippen molar-refractivity contribution >= 4 is 5.91 Å². The Kier molecular flexibility index (Phi) is 5.28. The second-order valence-electron chi connectivity index (χ2n) is 6.06. The number of rotatable bonds is 4. The largest absolute Gasteiger partial charge is 0.345 e. The first-order chi connectivity index (χ1) is 9.95. The molecule has 2 N–H and O–H groups in total. The van der Waals surface area contributed by atoms with Crippen LogP contribution in [0.4, 0.5) is 8.78 Å². The van der Waals surface area contributed by atoms with Gasteiger partial charge < -0.3 is 10.2 Å². The van der Waals surface area contributed by atoms with Crippen LogP contribution >= 0.6 is 0 Å². The van der Waals surface area contributed by atoms with E-state index in [9.17, 15) is 13.6 Å². The molecular weight excluding hydrogens is 274 g/mol.